The highest BCUT2D eigenvalue weighted by molar-refractivity contribution is 7.13. The van der Waals surface area contributed by atoms with Crippen molar-refractivity contribution >= 4 is 23.1 Å². The Bertz CT molecular complexity index is 1150. The summed E-state index contributed by atoms with van der Waals surface area (Å²) in [6.07, 6.45) is 4.94. The zero-order valence-electron chi connectivity index (χ0n) is 15.7. The summed E-state index contributed by atoms with van der Waals surface area (Å²) >= 11 is 1.50. The second kappa shape index (κ2) is 7.60. The highest BCUT2D eigenvalue weighted by Gasteiger charge is 2.24. The zero-order valence-corrected chi connectivity index (χ0v) is 16.5. The van der Waals surface area contributed by atoms with Crippen molar-refractivity contribution in [3.8, 4) is 16.4 Å². The Labute approximate surface area is 172 Å². The number of carbonyl (C=O) groups excluding carboxylic acids is 1. The van der Waals surface area contributed by atoms with Crippen molar-refractivity contribution in [3.05, 3.63) is 77.1 Å². The quantitative estimate of drug-likeness (QED) is 0.547. The summed E-state index contributed by atoms with van der Waals surface area (Å²) in [5.74, 6) is 0.698. The van der Waals surface area contributed by atoms with Crippen LogP contribution in [0.2, 0.25) is 0 Å². The Kier molecular flexibility index (Phi) is 4.65. The molecule has 0 bridgehead atoms. The highest BCUT2D eigenvalue weighted by atomic mass is 32.1. The molecule has 0 saturated heterocycles. The fourth-order valence-electron chi connectivity index (χ4n) is 3.61. The number of para-hydroxylation sites is 1. The van der Waals surface area contributed by atoms with Crippen LogP contribution in [0, 0.1) is 0 Å². The van der Waals surface area contributed by atoms with Crippen LogP contribution in [0.3, 0.4) is 0 Å². The number of fused-ring (bicyclic) bond motifs is 1. The summed E-state index contributed by atoms with van der Waals surface area (Å²) in [6.45, 7) is 0. The smallest absolute Gasteiger partial charge is 0.231 e. The van der Waals surface area contributed by atoms with Gasteiger partial charge in [0.1, 0.15) is 10.8 Å². The Morgan fingerprint density at radius 2 is 1.97 bits per heavy atom. The predicted molar refractivity (Wildman–Crippen MR) is 113 cm³/mol. The molecule has 6 nitrogen and oxygen atoms in total. The molecule has 1 N–H and O–H groups in total. The molecule has 0 radical (unpaired) electrons. The molecule has 1 aromatic carbocycles. The van der Waals surface area contributed by atoms with Crippen LogP contribution in [0.4, 0.5) is 5.82 Å². The minimum Gasteiger partial charge on any atom is -0.310 e. The van der Waals surface area contributed by atoms with Crippen LogP contribution in [0.15, 0.2) is 60.1 Å². The van der Waals surface area contributed by atoms with E-state index >= 15 is 0 Å². The van der Waals surface area contributed by atoms with Gasteiger partial charge in [-0.25, -0.2) is 9.67 Å². The molecule has 0 aliphatic heterocycles. The molecule has 1 aliphatic rings. The van der Waals surface area contributed by atoms with Gasteiger partial charge in [-0.2, -0.15) is 5.10 Å². The van der Waals surface area contributed by atoms with Gasteiger partial charge in [0, 0.05) is 17.1 Å². The number of rotatable bonds is 5. The second-order valence-corrected chi connectivity index (χ2v) is 7.82. The van der Waals surface area contributed by atoms with Crippen molar-refractivity contribution in [3.63, 3.8) is 0 Å². The summed E-state index contributed by atoms with van der Waals surface area (Å²) in [4.78, 5) is 21.7. The van der Waals surface area contributed by atoms with Gasteiger partial charge < -0.3 is 5.32 Å². The van der Waals surface area contributed by atoms with Gasteiger partial charge in [0.05, 0.1) is 29.2 Å². The predicted octanol–water partition coefficient (Wildman–Crippen LogP) is 4.06. The van der Waals surface area contributed by atoms with Gasteiger partial charge in [0.15, 0.2) is 0 Å². The van der Waals surface area contributed by atoms with E-state index in [1.807, 2.05) is 58.6 Å². The van der Waals surface area contributed by atoms with Crippen molar-refractivity contribution in [2.24, 2.45) is 0 Å². The van der Waals surface area contributed by atoms with E-state index in [9.17, 15) is 4.79 Å². The summed E-state index contributed by atoms with van der Waals surface area (Å²) < 4.78 is 1.85. The molecule has 0 fully saturated rings. The molecule has 3 aromatic heterocycles. The summed E-state index contributed by atoms with van der Waals surface area (Å²) in [7, 11) is 0. The SMILES string of the molecule is O=C(Cc1csc(-c2ccccn2)n1)Nc1c2c(nn1-c1ccccc1)CCC2. The number of carbonyl (C=O) groups is 1. The van der Waals surface area contributed by atoms with E-state index in [0.29, 0.717) is 0 Å². The molecule has 0 spiro atoms. The number of hydrogen-bond donors (Lipinski definition) is 1. The second-order valence-electron chi connectivity index (χ2n) is 6.96. The fourth-order valence-corrected chi connectivity index (χ4v) is 4.41. The van der Waals surface area contributed by atoms with Crippen LogP contribution < -0.4 is 5.32 Å². The van der Waals surface area contributed by atoms with Crippen LogP contribution in [0.25, 0.3) is 16.4 Å². The number of benzene rings is 1. The van der Waals surface area contributed by atoms with E-state index in [4.69, 9.17) is 5.10 Å². The number of aryl methyl sites for hydroxylation is 1. The zero-order chi connectivity index (χ0) is 19.6. The lowest BCUT2D eigenvalue weighted by molar-refractivity contribution is -0.115. The van der Waals surface area contributed by atoms with Crippen LogP contribution in [0.1, 0.15) is 23.4 Å². The standard InChI is InChI=1S/C22H19N5OS/c28-20(13-15-14-29-22(24-15)19-10-4-5-12-23-19)25-21-17-9-6-11-18(17)26-27(21)16-7-2-1-3-8-16/h1-5,7-8,10,12,14H,6,9,11,13H2,(H,25,28). The van der Waals surface area contributed by atoms with E-state index < -0.39 is 0 Å². The first-order chi connectivity index (χ1) is 14.3. The number of nitrogens with one attached hydrogen (secondary N) is 1. The van der Waals surface area contributed by atoms with Gasteiger partial charge >= 0.3 is 0 Å². The summed E-state index contributed by atoms with van der Waals surface area (Å²) in [5, 5.41) is 10.6. The van der Waals surface area contributed by atoms with E-state index in [1.165, 1.54) is 11.3 Å². The van der Waals surface area contributed by atoms with Crippen molar-refractivity contribution in [2.45, 2.75) is 25.7 Å². The third-order valence-electron chi connectivity index (χ3n) is 4.94. The van der Waals surface area contributed by atoms with Crippen LogP contribution in [0.5, 0.6) is 0 Å². The Morgan fingerprint density at radius 1 is 1.10 bits per heavy atom. The molecule has 1 aliphatic carbocycles. The van der Waals surface area contributed by atoms with Gasteiger partial charge in [0.25, 0.3) is 0 Å². The van der Waals surface area contributed by atoms with Crippen molar-refractivity contribution in [1.82, 2.24) is 19.7 Å². The maximum atomic E-state index is 12.8. The largest absolute Gasteiger partial charge is 0.310 e. The number of anilines is 1. The molecule has 0 atom stereocenters. The van der Waals surface area contributed by atoms with Gasteiger partial charge in [-0.15, -0.1) is 11.3 Å². The first-order valence-electron chi connectivity index (χ1n) is 9.60. The summed E-state index contributed by atoms with van der Waals surface area (Å²) in [5.41, 5.74) is 4.74. The number of amides is 1. The van der Waals surface area contributed by atoms with Crippen molar-refractivity contribution in [2.75, 3.05) is 5.32 Å². The molecule has 4 aromatic rings. The van der Waals surface area contributed by atoms with Gasteiger partial charge in [-0.1, -0.05) is 24.3 Å². The number of aromatic nitrogens is 4. The molecular weight excluding hydrogens is 382 g/mol. The third-order valence-corrected chi connectivity index (χ3v) is 5.86. The van der Waals surface area contributed by atoms with E-state index in [-0.39, 0.29) is 12.3 Å². The number of thiazole rings is 1. The van der Waals surface area contributed by atoms with Crippen molar-refractivity contribution in [1.29, 1.82) is 0 Å². The first-order valence-corrected chi connectivity index (χ1v) is 10.5. The molecule has 0 unspecified atom stereocenters. The van der Waals surface area contributed by atoms with Gasteiger partial charge in [-0.3, -0.25) is 9.78 Å². The molecule has 144 valence electrons. The summed E-state index contributed by atoms with van der Waals surface area (Å²) in [6, 6.07) is 15.6. The Hall–Kier alpha value is -3.32. The first kappa shape index (κ1) is 17.8. The maximum absolute atomic E-state index is 12.8. The average molecular weight is 401 g/mol. The normalized spacial score (nSPS) is 12.7. The topological polar surface area (TPSA) is 72.7 Å². The number of pyridine rings is 1. The van der Waals surface area contributed by atoms with E-state index in [2.05, 4.69) is 15.3 Å². The van der Waals surface area contributed by atoms with E-state index in [0.717, 1.165) is 58.4 Å². The highest BCUT2D eigenvalue weighted by Crippen LogP contribution is 2.31. The molecule has 29 heavy (non-hydrogen) atoms. The van der Waals surface area contributed by atoms with E-state index in [1.54, 1.807) is 6.20 Å². The van der Waals surface area contributed by atoms with Crippen LogP contribution in [-0.4, -0.2) is 25.7 Å². The lowest BCUT2D eigenvalue weighted by atomic mass is 10.2. The monoisotopic (exact) mass is 401 g/mol. The molecular formula is C22H19N5OS. The maximum Gasteiger partial charge on any atom is 0.231 e. The third kappa shape index (κ3) is 3.56. The average Bonchev–Trinajstić information content (AvgIpc) is 3.47. The minimum absolute atomic E-state index is 0.0883. The van der Waals surface area contributed by atoms with Gasteiger partial charge in [-0.05, 0) is 43.5 Å². The molecule has 3 heterocycles. The fraction of sp³-hybridized carbons (Fsp3) is 0.182. The molecule has 1 amide bonds. The Balaban J connectivity index is 1.37. The minimum atomic E-state index is -0.0883. The Morgan fingerprint density at radius 3 is 2.79 bits per heavy atom. The van der Waals surface area contributed by atoms with Gasteiger partial charge in [0.2, 0.25) is 5.91 Å². The molecule has 5 rings (SSSR count). The number of nitrogens with zero attached hydrogens (tertiary/aromatic N) is 4. The lowest BCUT2D eigenvalue weighted by Crippen LogP contribution is -2.18. The molecule has 0 saturated carbocycles. The lowest BCUT2D eigenvalue weighted by Gasteiger charge is -2.10. The van der Waals surface area contributed by atoms with Crippen LogP contribution >= 0.6 is 11.3 Å². The molecule has 7 heteroatoms. The van der Waals surface area contributed by atoms with Crippen molar-refractivity contribution < 1.29 is 4.79 Å². The van der Waals surface area contributed by atoms with Crippen LogP contribution in [-0.2, 0) is 24.1 Å². The number of hydrogen-bond acceptors (Lipinski definition) is 5.